The second-order valence-electron chi connectivity index (χ2n) is 4.84. The maximum atomic E-state index is 11.6. The molecule has 0 N–H and O–H groups in total. The molecular weight excluding hydrogens is 270 g/mol. The van der Waals surface area contributed by atoms with E-state index in [4.69, 9.17) is 5.26 Å². The Kier molecular flexibility index (Phi) is 5.45. The van der Waals surface area contributed by atoms with Crippen molar-refractivity contribution in [3.63, 3.8) is 0 Å². The summed E-state index contributed by atoms with van der Waals surface area (Å²) in [4.78, 5) is 17.0. The lowest BCUT2D eigenvalue weighted by atomic mass is 10.2. The van der Waals surface area contributed by atoms with Gasteiger partial charge in [-0.1, -0.05) is 12.1 Å². The lowest BCUT2D eigenvalue weighted by molar-refractivity contribution is -0.131. The average molecular weight is 289 g/mol. The number of carbonyl (C=O) groups is 1. The third-order valence-corrected chi connectivity index (χ3v) is 4.26. The van der Waals surface area contributed by atoms with Crippen LogP contribution in [0.3, 0.4) is 0 Å². The first-order valence-electron chi connectivity index (χ1n) is 6.73. The van der Waals surface area contributed by atoms with Crippen LogP contribution in [-0.2, 0) is 11.3 Å². The van der Waals surface area contributed by atoms with Crippen LogP contribution in [0, 0.1) is 11.3 Å². The highest BCUT2D eigenvalue weighted by molar-refractivity contribution is 7.98. The van der Waals surface area contributed by atoms with Gasteiger partial charge in [-0.05, 0) is 24.0 Å². The van der Waals surface area contributed by atoms with Crippen molar-refractivity contribution < 1.29 is 4.79 Å². The number of nitriles is 1. The zero-order valence-electron chi connectivity index (χ0n) is 11.7. The van der Waals surface area contributed by atoms with Gasteiger partial charge in [-0.2, -0.15) is 5.26 Å². The van der Waals surface area contributed by atoms with E-state index in [0.717, 1.165) is 32.7 Å². The molecule has 0 aliphatic carbocycles. The molecule has 1 aliphatic heterocycles. The van der Waals surface area contributed by atoms with Gasteiger partial charge in [0.2, 0.25) is 5.91 Å². The molecule has 0 spiro atoms. The molecule has 106 valence electrons. The highest BCUT2D eigenvalue weighted by Gasteiger charge is 2.20. The van der Waals surface area contributed by atoms with E-state index in [0.29, 0.717) is 0 Å². The van der Waals surface area contributed by atoms with E-state index in [1.54, 1.807) is 16.7 Å². The van der Waals surface area contributed by atoms with E-state index in [9.17, 15) is 4.79 Å². The number of rotatable bonds is 4. The van der Waals surface area contributed by atoms with Gasteiger partial charge in [0.25, 0.3) is 0 Å². The molecule has 0 saturated carbocycles. The fraction of sp³-hybridized carbons (Fsp3) is 0.467. The summed E-state index contributed by atoms with van der Waals surface area (Å²) >= 11 is 1.75. The molecule has 2 rings (SSSR count). The quantitative estimate of drug-likeness (QED) is 0.795. The zero-order chi connectivity index (χ0) is 14.4. The molecule has 1 aromatic carbocycles. The summed E-state index contributed by atoms with van der Waals surface area (Å²) in [5.41, 5.74) is 1.31. The smallest absolute Gasteiger partial charge is 0.236 e. The Morgan fingerprint density at radius 2 is 1.90 bits per heavy atom. The molecule has 1 saturated heterocycles. The van der Waals surface area contributed by atoms with E-state index in [1.165, 1.54) is 10.5 Å². The fourth-order valence-electron chi connectivity index (χ4n) is 2.32. The van der Waals surface area contributed by atoms with Gasteiger partial charge in [0, 0.05) is 37.6 Å². The van der Waals surface area contributed by atoms with E-state index >= 15 is 0 Å². The Bertz CT molecular complexity index is 487. The maximum absolute atomic E-state index is 11.6. The predicted molar refractivity (Wildman–Crippen MR) is 80.3 cm³/mol. The first-order valence-corrected chi connectivity index (χ1v) is 7.95. The zero-order valence-corrected chi connectivity index (χ0v) is 12.5. The van der Waals surface area contributed by atoms with Gasteiger partial charge in [0.15, 0.2) is 0 Å². The minimum Gasteiger partial charge on any atom is -0.339 e. The molecule has 1 amide bonds. The van der Waals surface area contributed by atoms with Crippen LogP contribution in [0.15, 0.2) is 29.2 Å². The minimum atomic E-state index is -0.0449. The summed E-state index contributed by atoms with van der Waals surface area (Å²) in [5, 5.41) is 8.55. The van der Waals surface area contributed by atoms with Crippen LogP contribution in [0.1, 0.15) is 12.0 Å². The average Bonchev–Trinajstić information content (AvgIpc) is 2.49. The molecule has 20 heavy (non-hydrogen) atoms. The summed E-state index contributed by atoms with van der Waals surface area (Å²) in [6, 6.07) is 10.5. The molecule has 0 atom stereocenters. The number of carbonyl (C=O) groups excluding carboxylic acids is 1. The number of hydrogen-bond donors (Lipinski definition) is 0. The number of thioether (sulfide) groups is 1. The number of benzene rings is 1. The third-order valence-electron chi connectivity index (χ3n) is 3.52. The van der Waals surface area contributed by atoms with E-state index in [-0.39, 0.29) is 12.3 Å². The van der Waals surface area contributed by atoms with Gasteiger partial charge in [0.1, 0.15) is 6.42 Å². The summed E-state index contributed by atoms with van der Waals surface area (Å²) < 4.78 is 0. The molecule has 0 unspecified atom stereocenters. The van der Waals surface area contributed by atoms with Crippen molar-refractivity contribution in [2.24, 2.45) is 0 Å². The minimum absolute atomic E-state index is 0.00382. The van der Waals surface area contributed by atoms with Crippen molar-refractivity contribution in [1.29, 1.82) is 5.26 Å². The first-order chi connectivity index (χ1) is 9.72. The van der Waals surface area contributed by atoms with Gasteiger partial charge >= 0.3 is 0 Å². The molecule has 0 bridgehead atoms. The Morgan fingerprint density at radius 1 is 1.25 bits per heavy atom. The Hall–Kier alpha value is -1.51. The van der Waals surface area contributed by atoms with Crippen LogP contribution >= 0.6 is 11.8 Å². The normalized spacial score (nSPS) is 15.9. The van der Waals surface area contributed by atoms with Crippen molar-refractivity contribution in [1.82, 2.24) is 9.80 Å². The fourth-order valence-corrected chi connectivity index (χ4v) is 2.73. The van der Waals surface area contributed by atoms with Gasteiger partial charge in [-0.15, -0.1) is 11.8 Å². The summed E-state index contributed by atoms with van der Waals surface area (Å²) in [6.07, 6.45) is 2.07. The van der Waals surface area contributed by atoms with E-state index in [2.05, 4.69) is 35.4 Å². The molecule has 5 heteroatoms. The van der Waals surface area contributed by atoms with Crippen molar-refractivity contribution in [2.75, 3.05) is 32.4 Å². The molecule has 0 aromatic heterocycles. The summed E-state index contributed by atoms with van der Waals surface area (Å²) in [7, 11) is 0. The maximum Gasteiger partial charge on any atom is 0.236 e. The van der Waals surface area contributed by atoms with Crippen LogP contribution in [0.4, 0.5) is 0 Å². The summed E-state index contributed by atoms with van der Waals surface area (Å²) in [6.45, 7) is 4.13. The topological polar surface area (TPSA) is 47.3 Å². The van der Waals surface area contributed by atoms with E-state index < -0.39 is 0 Å². The van der Waals surface area contributed by atoms with Gasteiger partial charge in [-0.25, -0.2) is 0 Å². The standard InChI is InChI=1S/C15H19N3OS/c1-20-14-4-2-13(3-5-14)12-17-8-10-18(11-9-17)15(19)6-7-16/h2-5H,6,8-12H2,1H3. The van der Waals surface area contributed by atoms with Crippen molar-refractivity contribution in [3.05, 3.63) is 29.8 Å². The SMILES string of the molecule is CSc1ccc(CN2CCN(C(=O)CC#N)CC2)cc1. The monoisotopic (exact) mass is 289 g/mol. The van der Waals surface area contributed by atoms with Gasteiger partial charge < -0.3 is 4.90 Å². The number of hydrogen-bond acceptors (Lipinski definition) is 4. The molecule has 1 heterocycles. The van der Waals surface area contributed by atoms with Gasteiger partial charge in [0.05, 0.1) is 6.07 Å². The molecule has 1 aliphatic rings. The van der Waals surface area contributed by atoms with Crippen LogP contribution < -0.4 is 0 Å². The molecule has 4 nitrogen and oxygen atoms in total. The second-order valence-corrected chi connectivity index (χ2v) is 5.72. The second kappa shape index (κ2) is 7.32. The number of nitrogens with zero attached hydrogens (tertiary/aromatic N) is 3. The highest BCUT2D eigenvalue weighted by Crippen LogP contribution is 2.16. The van der Waals surface area contributed by atoms with E-state index in [1.807, 2.05) is 6.07 Å². The van der Waals surface area contributed by atoms with Crippen LogP contribution in [0.5, 0.6) is 0 Å². The number of amides is 1. The first kappa shape index (κ1) is 14.9. The van der Waals surface area contributed by atoms with Crippen molar-refractivity contribution >= 4 is 17.7 Å². The van der Waals surface area contributed by atoms with Crippen LogP contribution in [0.2, 0.25) is 0 Å². The van der Waals surface area contributed by atoms with Crippen molar-refractivity contribution in [2.45, 2.75) is 17.9 Å². The van der Waals surface area contributed by atoms with Crippen LogP contribution in [-0.4, -0.2) is 48.1 Å². The molecule has 0 radical (unpaired) electrons. The highest BCUT2D eigenvalue weighted by atomic mass is 32.2. The lowest BCUT2D eigenvalue weighted by Gasteiger charge is -2.34. The molecule has 1 aromatic rings. The van der Waals surface area contributed by atoms with Crippen molar-refractivity contribution in [3.8, 4) is 6.07 Å². The third kappa shape index (κ3) is 3.99. The number of piperazine rings is 1. The molecule has 1 fully saturated rings. The van der Waals surface area contributed by atoms with Gasteiger partial charge in [-0.3, -0.25) is 9.69 Å². The predicted octanol–water partition coefficient (Wildman–Crippen LogP) is 1.97. The molecular formula is C15H19N3OS. The van der Waals surface area contributed by atoms with Crippen LogP contribution in [0.25, 0.3) is 0 Å². The Labute approximate surface area is 124 Å². The Balaban J connectivity index is 1.82. The summed E-state index contributed by atoms with van der Waals surface area (Å²) in [5.74, 6) is -0.0449. The Morgan fingerprint density at radius 3 is 2.45 bits per heavy atom. The largest absolute Gasteiger partial charge is 0.339 e. The lowest BCUT2D eigenvalue weighted by Crippen LogP contribution is -2.48.